The highest BCUT2D eigenvalue weighted by atomic mass is 16.5. The number of fused-ring (bicyclic) bond motifs is 1. The van der Waals surface area contributed by atoms with Gasteiger partial charge in [0.15, 0.2) is 5.78 Å². The first kappa shape index (κ1) is 9.97. The van der Waals surface area contributed by atoms with Gasteiger partial charge in [0.05, 0.1) is 12.0 Å². The van der Waals surface area contributed by atoms with Crippen LogP contribution in [0.25, 0.3) is 0 Å². The Labute approximate surface area is 89.6 Å². The third kappa shape index (κ3) is 1.94. The van der Waals surface area contributed by atoms with E-state index in [-0.39, 0.29) is 11.9 Å². The fraction of sp³-hybridized carbons (Fsp3) is 0.308. The van der Waals surface area contributed by atoms with Gasteiger partial charge in [-0.15, -0.1) is 0 Å². The smallest absolute Gasteiger partial charge is 0.170 e. The van der Waals surface area contributed by atoms with E-state index >= 15 is 0 Å². The first-order valence-corrected chi connectivity index (χ1v) is 5.14. The molecule has 1 aliphatic heterocycles. The summed E-state index contributed by atoms with van der Waals surface area (Å²) in [7, 11) is 0. The third-order valence-electron chi connectivity index (χ3n) is 2.51. The standard InChI is InChI=1S/C13H14O2/c1-3-4-10-8-12(14)11-7-9(2)5-6-13(11)15-10/h3-7,10H,8H2,1-2H3. The summed E-state index contributed by atoms with van der Waals surface area (Å²) in [6, 6.07) is 5.73. The van der Waals surface area contributed by atoms with Crippen molar-refractivity contribution in [3.8, 4) is 5.75 Å². The zero-order chi connectivity index (χ0) is 10.8. The number of benzene rings is 1. The van der Waals surface area contributed by atoms with E-state index in [0.717, 1.165) is 11.1 Å². The lowest BCUT2D eigenvalue weighted by Gasteiger charge is -2.23. The summed E-state index contributed by atoms with van der Waals surface area (Å²) in [5, 5.41) is 0. The van der Waals surface area contributed by atoms with Crippen LogP contribution in [0.2, 0.25) is 0 Å². The van der Waals surface area contributed by atoms with E-state index in [1.165, 1.54) is 0 Å². The zero-order valence-corrected chi connectivity index (χ0v) is 8.99. The first-order chi connectivity index (χ1) is 7.20. The Morgan fingerprint density at radius 1 is 1.47 bits per heavy atom. The molecule has 2 heteroatoms. The molecule has 1 aliphatic rings. The molecule has 0 N–H and O–H groups in total. The molecule has 1 aromatic rings. The molecule has 0 spiro atoms. The molecule has 0 aromatic heterocycles. The van der Waals surface area contributed by atoms with Crippen LogP contribution in [0.3, 0.4) is 0 Å². The molecule has 1 atom stereocenters. The molecular formula is C13H14O2. The van der Waals surface area contributed by atoms with Crippen LogP contribution in [0.1, 0.15) is 29.3 Å². The monoisotopic (exact) mass is 202 g/mol. The van der Waals surface area contributed by atoms with Crippen molar-refractivity contribution in [3.05, 3.63) is 41.5 Å². The van der Waals surface area contributed by atoms with E-state index in [1.807, 2.05) is 44.2 Å². The summed E-state index contributed by atoms with van der Waals surface area (Å²) >= 11 is 0. The fourth-order valence-corrected chi connectivity index (χ4v) is 1.78. The lowest BCUT2D eigenvalue weighted by atomic mass is 9.99. The number of allylic oxidation sites excluding steroid dienone is 1. The summed E-state index contributed by atoms with van der Waals surface area (Å²) in [6.07, 6.45) is 4.18. The molecule has 0 aliphatic carbocycles. The topological polar surface area (TPSA) is 26.3 Å². The molecule has 2 rings (SSSR count). The SMILES string of the molecule is CC=CC1CC(=O)c2cc(C)ccc2O1. The van der Waals surface area contributed by atoms with Gasteiger partial charge in [-0.3, -0.25) is 4.79 Å². The van der Waals surface area contributed by atoms with Gasteiger partial charge in [-0.25, -0.2) is 0 Å². The Morgan fingerprint density at radius 2 is 2.27 bits per heavy atom. The Morgan fingerprint density at radius 3 is 3.00 bits per heavy atom. The second-order valence-electron chi connectivity index (χ2n) is 3.81. The average Bonchev–Trinajstić information content (AvgIpc) is 2.20. The lowest BCUT2D eigenvalue weighted by molar-refractivity contribution is 0.0893. The molecule has 0 amide bonds. The summed E-state index contributed by atoms with van der Waals surface area (Å²) in [6.45, 7) is 3.91. The molecule has 0 bridgehead atoms. The summed E-state index contributed by atoms with van der Waals surface area (Å²) in [5.41, 5.74) is 1.81. The highest BCUT2D eigenvalue weighted by Crippen LogP contribution is 2.28. The van der Waals surface area contributed by atoms with Crippen LogP contribution in [0, 0.1) is 6.92 Å². The predicted octanol–water partition coefficient (Wildman–Crippen LogP) is 2.90. The first-order valence-electron chi connectivity index (χ1n) is 5.14. The van der Waals surface area contributed by atoms with E-state index in [9.17, 15) is 4.79 Å². The molecular weight excluding hydrogens is 188 g/mol. The number of rotatable bonds is 1. The van der Waals surface area contributed by atoms with Gasteiger partial charge >= 0.3 is 0 Å². The molecule has 1 heterocycles. The number of ketones is 1. The molecule has 15 heavy (non-hydrogen) atoms. The van der Waals surface area contributed by atoms with Crippen molar-refractivity contribution in [1.29, 1.82) is 0 Å². The Bertz CT molecular complexity index is 419. The summed E-state index contributed by atoms with van der Waals surface area (Å²) < 4.78 is 5.69. The minimum absolute atomic E-state index is 0.0993. The number of hydrogen-bond acceptors (Lipinski definition) is 2. The molecule has 0 saturated carbocycles. The number of Topliss-reactive ketones (excluding diaryl/α,β-unsaturated/α-hetero) is 1. The van der Waals surface area contributed by atoms with Gasteiger partial charge in [0, 0.05) is 0 Å². The van der Waals surface area contributed by atoms with Gasteiger partial charge in [0.1, 0.15) is 11.9 Å². The molecule has 2 nitrogen and oxygen atoms in total. The lowest BCUT2D eigenvalue weighted by Crippen LogP contribution is -2.25. The molecule has 1 unspecified atom stereocenters. The van der Waals surface area contributed by atoms with Gasteiger partial charge in [-0.1, -0.05) is 17.7 Å². The van der Waals surface area contributed by atoms with E-state index in [2.05, 4.69) is 0 Å². The number of carbonyl (C=O) groups excluding carboxylic acids is 1. The van der Waals surface area contributed by atoms with Crippen molar-refractivity contribution < 1.29 is 9.53 Å². The van der Waals surface area contributed by atoms with Crippen LogP contribution in [0.5, 0.6) is 5.75 Å². The molecule has 0 radical (unpaired) electrons. The van der Waals surface area contributed by atoms with E-state index in [0.29, 0.717) is 12.2 Å². The van der Waals surface area contributed by atoms with Gasteiger partial charge in [0.25, 0.3) is 0 Å². The number of hydrogen-bond donors (Lipinski definition) is 0. The van der Waals surface area contributed by atoms with E-state index in [1.54, 1.807) is 0 Å². The highest BCUT2D eigenvalue weighted by Gasteiger charge is 2.24. The van der Waals surface area contributed by atoms with Crippen LogP contribution in [-0.4, -0.2) is 11.9 Å². The maximum Gasteiger partial charge on any atom is 0.170 e. The van der Waals surface area contributed by atoms with Crippen molar-refractivity contribution in [1.82, 2.24) is 0 Å². The summed E-state index contributed by atoms with van der Waals surface area (Å²) in [4.78, 5) is 11.8. The molecule has 78 valence electrons. The van der Waals surface area contributed by atoms with Crippen LogP contribution in [0.4, 0.5) is 0 Å². The van der Waals surface area contributed by atoms with Crippen molar-refractivity contribution in [2.75, 3.05) is 0 Å². The molecule has 0 fully saturated rings. The Hall–Kier alpha value is -1.57. The molecule has 1 aromatic carbocycles. The van der Waals surface area contributed by atoms with Crippen molar-refractivity contribution >= 4 is 5.78 Å². The number of carbonyl (C=O) groups is 1. The van der Waals surface area contributed by atoms with Gasteiger partial charge in [0.2, 0.25) is 0 Å². The minimum Gasteiger partial charge on any atom is -0.485 e. The minimum atomic E-state index is -0.0993. The van der Waals surface area contributed by atoms with Crippen molar-refractivity contribution in [2.24, 2.45) is 0 Å². The predicted molar refractivity (Wildman–Crippen MR) is 59.4 cm³/mol. The maximum atomic E-state index is 11.8. The normalized spacial score (nSPS) is 20.1. The number of aryl methyl sites for hydroxylation is 1. The van der Waals surface area contributed by atoms with Crippen LogP contribution >= 0.6 is 0 Å². The largest absolute Gasteiger partial charge is 0.485 e. The van der Waals surface area contributed by atoms with Crippen LogP contribution in [-0.2, 0) is 0 Å². The van der Waals surface area contributed by atoms with Crippen LogP contribution < -0.4 is 4.74 Å². The van der Waals surface area contributed by atoms with Gasteiger partial charge in [-0.05, 0) is 32.1 Å². The van der Waals surface area contributed by atoms with Gasteiger partial charge in [-0.2, -0.15) is 0 Å². The maximum absolute atomic E-state index is 11.8. The number of ether oxygens (including phenoxy) is 1. The van der Waals surface area contributed by atoms with Crippen molar-refractivity contribution in [3.63, 3.8) is 0 Å². The fourth-order valence-electron chi connectivity index (χ4n) is 1.78. The van der Waals surface area contributed by atoms with Gasteiger partial charge < -0.3 is 4.74 Å². The zero-order valence-electron chi connectivity index (χ0n) is 8.99. The van der Waals surface area contributed by atoms with Crippen molar-refractivity contribution in [2.45, 2.75) is 26.4 Å². The Kier molecular flexibility index (Phi) is 2.58. The van der Waals surface area contributed by atoms with E-state index < -0.39 is 0 Å². The molecule has 0 saturated heterocycles. The second kappa shape index (κ2) is 3.89. The average molecular weight is 202 g/mol. The third-order valence-corrected chi connectivity index (χ3v) is 2.51. The van der Waals surface area contributed by atoms with Crippen LogP contribution in [0.15, 0.2) is 30.4 Å². The highest BCUT2D eigenvalue weighted by molar-refractivity contribution is 6.00. The Balaban J connectivity index is 2.36. The second-order valence-corrected chi connectivity index (χ2v) is 3.81. The summed E-state index contributed by atoms with van der Waals surface area (Å²) in [5.74, 6) is 0.878. The van der Waals surface area contributed by atoms with E-state index in [4.69, 9.17) is 4.74 Å². The quantitative estimate of drug-likeness (QED) is 0.654.